The van der Waals surface area contributed by atoms with Gasteiger partial charge in [-0.05, 0) is 118 Å². The number of hydrogen-bond acceptors (Lipinski definition) is 5. The van der Waals surface area contributed by atoms with Gasteiger partial charge in [0.1, 0.15) is 23.0 Å². The molecule has 0 spiro atoms. The predicted molar refractivity (Wildman–Crippen MR) is 145 cm³/mol. The summed E-state index contributed by atoms with van der Waals surface area (Å²) >= 11 is 0. The van der Waals surface area contributed by atoms with E-state index in [4.69, 9.17) is 14.2 Å². The van der Waals surface area contributed by atoms with E-state index in [1.807, 2.05) is 26.0 Å². The van der Waals surface area contributed by atoms with Crippen LogP contribution in [-0.2, 0) is 12.8 Å². The average molecular weight is 497 g/mol. The minimum atomic E-state index is 0.222. The fourth-order valence-electron chi connectivity index (χ4n) is 8.02. The number of benzene rings is 1. The highest BCUT2D eigenvalue weighted by atomic mass is 16.5. The molecule has 6 heteroatoms. The highest BCUT2D eigenvalue weighted by Gasteiger charge is 2.51. The van der Waals surface area contributed by atoms with Crippen LogP contribution >= 0.6 is 0 Å². The Bertz CT molecular complexity index is 1390. The van der Waals surface area contributed by atoms with E-state index in [1.54, 1.807) is 7.11 Å². The lowest BCUT2D eigenvalue weighted by Gasteiger charge is -2.57. The van der Waals surface area contributed by atoms with Crippen LogP contribution in [0.1, 0.15) is 61.2 Å². The summed E-state index contributed by atoms with van der Waals surface area (Å²) in [6.45, 7) is 3.98. The zero-order valence-electron chi connectivity index (χ0n) is 22.1. The lowest BCUT2D eigenvalue weighted by Crippen LogP contribution is -2.55. The quantitative estimate of drug-likeness (QED) is 0.305. The summed E-state index contributed by atoms with van der Waals surface area (Å²) in [5.74, 6) is 5.62. The Morgan fingerprint density at radius 2 is 1.70 bits per heavy atom. The standard InChI is InChI=1S/C31H36N4O2/c1-19-29(20(2)37-34-19)25-10-11-35-28(15-25)32-27(9-6-21-4-7-26(36-3)8-5-21)30(35)33-31-16-22-12-23(17-31)14-24(13-22)18-31/h4-5,7-8,10-11,15,22-24,33H,6,9,12-14,16-18H2,1-3H3. The number of hydrogen-bond donors (Lipinski definition) is 1. The topological polar surface area (TPSA) is 64.6 Å². The molecule has 4 fully saturated rings. The molecule has 4 aromatic rings. The molecule has 192 valence electrons. The molecular formula is C31H36N4O2. The Balaban J connectivity index is 1.26. The molecule has 0 aliphatic heterocycles. The van der Waals surface area contributed by atoms with Gasteiger partial charge in [-0.2, -0.15) is 0 Å². The molecule has 0 unspecified atom stereocenters. The van der Waals surface area contributed by atoms with Gasteiger partial charge in [0.05, 0.1) is 18.5 Å². The third-order valence-corrected chi connectivity index (χ3v) is 9.25. The van der Waals surface area contributed by atoms with Crippen molar-refractivity contribution in [1.29, 1.82) is 0 Å². The van der Waals surface area contributed by atoms with Crippen molar-refractivity contribution in [2.24, 2.45) is 17.8 Å². The molecule has 0 amide bonds. The minimum Gasteiger partial charge on any atom is -0.497 e. The number of methoxy groups -OCH3 is 1. The van der Waals surface area contributed by atoms with Crippen molar-refractivity contribution in [3.63, 3.8) is 0 Å². The van der Waals surface area contributed by atoms with Gasteiger partial charge in [0.2, 0.25) is 0 Å². The number of anilines is 1. The third-order valence-electron chi connectivity index (χ3n) is 9.25. The first-order chi connectivity index (χ1) is 18.0. The van der Waals surface area contributed by atoms with Gasteiger partial charge >= 0.3 is 0 Å². The number of imidazole rings is 1. The monoisotopic (exact) mass is 496 g/mol. The molecule has 4 aliphatic rings. The Hall–Kier alpha value is -3.28. The second kappa shape index (κ2) is 8.64. The Kier molecular flexibility index (Phi) is 5.34. The number of aromatic nitrogens is 3. The minimum absolute atomic E-state index is 0.222. The van der Waals surface area contributed by atoms with Crippen LogP contribution in [0.2, 0.25) is 0 Å². The Morgan fingerprint density at radius 3 is 2.32 bits per heavy atom. The Labute approximate surface area is 218 Å². The molecule has 0 radical (unpaired) electrons. The molecule has 8 rings (SSSR count). The maximum atomic E-state index is 5.46. The van der Waals surface area contributed by atoms with Gasteiger partial charge in [-0.1, -0.05) is 17.3 Å². The van der Waals surface area contributed by atoms with Crippen molar-refractivity contribution in [1.82, 2.24) is 14.5 Å². The third kappa shape index (κ3) is 4.01. The summed E-state index contributed by atoms with van der Waals surface area (Å²) < 4.78 is 13.1. The van der Waals surface area contributed by atoms with Crippen LogP contribution in [0.25, 0.3) is 16.8 Å². The number of nitrogens with one attached hydrogen (secondary N) is 1. The number of aryl methyl sites for hydroxylation is 4. The number of rotatable bonds is 7. The molecule has 1 N–H and O–H groups in total. The van der Waals surface area contributed by atoms with E-state index in [-0.39, 0.29) is 5.54 Å². The van der Waals surface area contributed by atoms with Crippen molar-refractivity contribution in [2.45, 2.75) is 70.8 Å². The van der Waals surface area contributed by atoms with Crippen LogP contribution in [0.15, 0.2) is 47.1 Å². The zero-order valence-corrected chi connectivity index (χ0v) is 22.1. The number of pyridine rings is 1. The van der Waals surface area contributed by atoms with Gasteiger partial charge in [0.15, 0.2) is 0 Å². The highest BCUT2D eigenvalue weighted by molar-refractivity contribution is 5.72. The van der Waals surface area contributed by atoms with Gasteiger partial charge in [0, 0.05) is 17.3 Å². The summed E-state index contributed by atoms with van der Waals surface area (Å²) in [5.41, 5.74) is 6.75. The average Bonchev–Trinajstić information content (AvgIpc) is 3.39. The maximum Gasteiger partial charge on any atom is 0.141 e. The SMILES string of the molecule is COc1ccc(CCc2nc3cc(-c4c(C)noc4C)ccn3c2NC23CC4CC(CC(C4)C2)C3)cc1. The smallest absolute Gasteiger partial charge is 0.141 e. The molecule has 3 aromatic heterocycles. The van der Waals surface area contributed by atoms with E-state index in [1.165, 1.54) is 49.9 Å². The molecule has 37 heavy (non-hydrogen) atoms. The fourth-order valence-corrected chi connectivity index (χ4v) is 8.02. The van der Waals surface area contributed by atoms with Crippen molar-refractivity contribution in [3.8, 4) is 16.9 Å². The molecule has 4 aliphatic carbocycles. The van der Waals surface area contributed by atoms with Crippen molar-refractivity contribution in [3.05, 3.63) is 65.3 Å². The molecule has 4 saturated carbocycles. The van der Waals surface area contributed by atoms with Crippen LogP contribution in [0.5, 0.6) is 5.75 Å². The summed E-state index contributed by atoms with van der Waals surface area (Å²) in [4.78, 5) is 5.21. The second-order valence-corrected chi connectivity index (χ2v) is 11.9. The van der Waals surface area contributed by atoms with Gasteiger partial charge in [-0.15, -0.1) is 0 Å². The fraction of sp³-hybridized carbons (Fsp3) is 0.484. The molecular weight excluding hydrogens is 460 g/mol. The van der Waals surface area contributed by atoms with Crippen LogP contribution in [0.3, 0.4) is 0 Å². The van der Waals surface area contributed by atoms with E-state index in [0.717, 1.165) is 70.3 Å². The highest BCUT2D eigenvalue weighted by Crippen LogP contribution is 2.56. The largest absolute Gasteiger partial charge is 0.497 e. The van der Waals surface area contributed by atoms with Crippen molar-refractivity contribution in [2.75, 3.05) is 12.4 Å². The summed E-state index contributed by atoms with van der Waals surface area (Å²) in [6.07, 6.45) is 12.3. The number of ether oxygens (including phenoxy) is 1. The molecule has 0 atom stereocenters. The van der Waals surface area contributed by atoms with Gasteiger partial charge < -0.3 is 14.6 Å². The van der Waals surface area contributed by atoms with Crippen LogP contribution in [-0.4, -0.2) is 27.2 Å². The normalized spacial score (nSPS) is 26.2. The van der Waals surface area contributed by atoms with E-state index in [0.29, 0.717) is 0 Å². The van der Waals surface area contributed by atoms with E-state index in [2.05, 4.69) is 45.3 Å². The Morgan fingerprint density at radius 1 is 1.00 bits per heavy atom. The van der Waals surface area contributed by atoms with Crippen LogP contribution in [0.4, 0.5) is 5.82 Å². The predicted octanol–water partition coefficient (Wildman–Crippen LogP) is 6.78. The zero-order chi connectivity index (χ0) is 25.1. The van der Waals surface area contributed by atoms with E-state index < -0.39 is 0 Å². The van der Waals surface area contributed by atoms with E-state index >= 15 is 0 Å². The summed E-state index contributed by atoms with van der Waals surface area (Å²) in [5, 5.41) is 8.33. The van der Waals surface area contributed by atoms with Crippen molar-refractivity contribution >= 4 is 11.5 Å². The molecule has 1 aromatic carbocycles. The summed E-state index contributed by atoms with van der Waals surface area (Å²) in [6, 6.07) is 12.8. The number of nitrogens with zero attached hydrogens (tertiary/aromatic N) is 3. The lowest BCUT2D eigenvalue weighted by atomic mass is 9.53. The molecule has 0 saturated heterocycles. The van der Waals surface area contributed by atoms with Crippen LogP contribution in [0, 0.1) is 31.6 Å². The van der Waals surface area contributed by atoms with Crippen LogP contribution < -0.4 is 10.1 Å². The molecule has 4 bridgehead atoms. The van der Waals surface area contributed by atoms with Gasteiger partial charge in [0.25, 0.3) is 0 Å². The van der Waals surface area contributed by atoms with Gasteiger partial charge in [-0.25, -0.2) is 4.98 Å². The summed E-state index contributed by atoms with van der Waals surface area (Å²) in [7, 11) is 1.71. The first kappa shape index (κ1) is 22.9. The van der Waals surface area contributed by atoms with Gasteiger partial charge in [-0.3, -0.25) is 4.40 Å². The molecule has 3 heterocycles. The molecule has 6 nitrogen and oxygen atoms in total. The lowest BCUT2D eigenvalue weighted by molar-refractivity contribution is 0.0105. The maximum absolute atomic E-state index is 5.46. The first-order valence-electron chi connectivity index (χ1n) is 13.8. The first-order valence-corrected chi connectivity index (χ1v) is 13.8. The number of fused-ring (bicyclic) bond motifs is 1. The van der Waals surface area contributed by atoms with E-state index in [9.17, 15) is 0 Å². The second-order valence-electron chi connectivity index (χ2n) is 11.9. The van der Waals surface area contributed by atoms with Crippen molar-refractivity contribution < 1.29 is 9.26 Å².